The highest BCUT2D eigenvalue weighted by Gasteiger charge is 2.31. The summed E-state index contributed by atoms with van der Waals surface area (Å²) in [6.07, 6.45) is 3.84. The highest BCUT2D eigenvalue weighted by molar-refractivity contribution is 7.89. The molecule has 8 nitrogen and oxygen atoms in total. The van der Waals surface area contributed by atoms with Gasteiger partial charge in [0.1, 0.15) is 6.04 Å². The maximum Gasteiger partial charge on any atom is 0.247 e. The Morgan fingerprint density at radius 1 is 1.26 bits per heavy atom. The highest BCUT2D eigenvalue weighted by atomic mass is 35.5. The van der Waals surface area contributed by atoms with Crippen molar-refractivity contribution < 1.29 is 18.0 Å². The number of anilines is 1. The summed E-state index contributed by atoms with van der Waals surface area (Å²) in [6, 6.07) is 5.37. The molecule has 10 heteroatoms. The van der Waals surface area contributed by atoms with Crippen molar-refractivity contribution in [3.63, 3.8) is 0 Å². The van der Waals surface area contributed by atoms with Crippen molar-refractivity contribution >= 4 is 39.9 Å². The molecule has 1 aromatic rings. The minimum absolute atomic E-state index is 0. The number of halogens is 1. The molecule has 1 fully saturated rings. The lowest BCUT2D eigenvalue weighted by atomic mass is 9.97. The number of nitrogens with two attached hydrogens (primary N) is 1. The predicted octanol–water partition coefficient (Wildman–Crippen LogP) is 0.979. The number of nitrogens with one attached hydrogen (secondary N) is 3. The molecule has 2 rings (SSSR count). The quantitative estimate of drug-likeness (QED) is 0.499. The smallest absolute Gasteiger partial charge is 0.247 e. The molecule has 1 saturated carbocycles. The van der Waals surface area contributed by atoms with E-state index in [0.717, 1.165) is 25.7 Å². The SMILES string of the molecule is CC(=O)NC(C(=O)Nc1cccc(S(=O)(=O)NCCN)c1)C1CCCC1.Cl. The number of benzene rings is 1. The Labute approximate surface area is 166 Å². The fraction of sp³-hybridized carbons (Fsp3) is 0.529. The standard InChI is InChI=1S/C17H26N4O4S.ClH/c1-12(22)20-16(13-5-2-3-6-13)17(23)21-14-7-4-8-15(11-14)26(24,25)19-10-9-18;/h4,7-8,11,13,16,19H,2-3,5-6,9-10,18H2,1H3,(H,20,22)(H,21,23);1H. The van der Waals surface area contributed by atoms with Gasteiger partial charge in [-0.1, -0.05) is 18.9 Å². The van der Waals surface area contributed by atoms with Gasteiger partial charge in [0.25, 0.3) is 0 Å². The third kappa shape index (κ3) is 6.76. The van der Waals surface area contributed by atoms with E-state index in [1.165, 1.54) is 19.1 Å². The topological polar surface area (TPSA) is 130 Å². The molecule has 0 heterocycles. The lowest BCUT2D eigenvalue weighted by Gasteiger charge is -2.23. The monoisotopic (exact) mass is 418 g/mol. The molecule has 2 amide bonds. The summed E-state index contributed by atoms with van der Waals surface area (Å²) in [7, 11) is -3.69. The van der Waals surface area contributed by atoms with E-state index in [1.54, 1.807) is 12.1 Å². The number of carbonyl (C=O) groups excluding carboxylic acids is 2. The van der Waals surface area contributed by atoms with Gasteiger partial charge in [-0.2, -0.15) is 0 Å². The van der Waals surface area contributed by atoms with E-state index in [2.05, 4.69) is 15.4 Å². The first-order chi connectivity index (χ1) is 12.3. The first kappa shape index (κ1) is 23.4. The van der Waals surface area contributed by atoms with Crippen LogP contribution in [0, 0.1) is 5.92 Å². The molecule has 0 aliphatic heterocycles. The zero-order valence-electron chi connectivity index (χ0n) is 15.2. The minimum atomic E-state index is -3.69. The van der Waals surface area contributed by atoms with Crippen molar-refractivity contribution in [3.05, 3.63) is 24.3 Å². The van der Waals surface area contributed by atoms with Crippen LogP contribution in [0.2, 0.25) is 0 Å². The normalized spacial score (nSPS) is 15.6. The van der Waals surface area contributed by atoms with Gasteiger partial charge in [0, 0.05) is 25.7 Å². The number of amides is 2. The zero-order valence-corrected chi connectivity index (χ0v) is 16.9. The summed E-state index contributed by atoms with van der Waals surface area (Å²) >= 11 is 0. The van der Waals surface area contributed by atoms with E-state index in [-0.39, 0.29) is 48.1 Å². The molecule has 1 atom stereocenters. The van der Waals surface area contributed by atoms with Crippen LogP contribution in [-0.2, 0) is 19.6 Å². The second-order valence-electron chi connectivity index (χ2n) is 6.43. The Kier molecular flexibility index (Phi) is 9.17. The van der Waals surface area contributed by atoms with Crippen molar-refractivity contribution in [2.75, 3.05) is 18.4 Å². The van der Waals surface area contributed by atoms with Crippen LogP contribution in [0.1, 0.15) is 32.6 Å². The number of hydrogen-bond donors (Lipinski definition) is 4. The molecule has 1 aliphatic carbocycles. The Bertz CT molecular complexity index is 751. The van der Waals surface area contributed by atoms with Crippen LogP contribution in [-0.4, -0.2) is 39.4 Å². The van der Waals surface area contributed by atoms with Crippen LogP contribution in [0.3, 0.4) is 0 Å². The van der Waals surface area contributed by atoms with Crippen molar-refractivity contribution in [2.24, 2.45) is 11.7 Å². The molecule has 5 N–H and O–H groups in total. The van der Waals surface area contributed by atoms with Crippen molar-refractivity contribution in [1.29, 1.82) is 0 Å². The largest absolute Gasteiger partial charge is 0.344 e. The van der Waals surface area contributed by atoms with Gasteiger partial charge >= 0.3 is 0 Å². The zero-order chi connectivity index (χ0) is 19.2. The van der Waals surface area contributed by atoms with Crippen molar-refractivity contribution in [3.8, 4) is 0 Å². The van der Waals surface area contributed by atoms with Gasteiger partial charge in [0.15, 0.2) is 0 Å². The van der Waals surface area contributed by atoms with E-state index >= 15 is 0 Å². The number of rotatable bonds is 8. The molecule has 0 saturated heterocycles. The first-order valence-corrected chi connectivity index (χ1v) is 10.2. The lowest BCUT2D eigenvalue weighted by molar-refractivity contribution is -0.126. The average Bonchev–Trinajstić information content (AvgIpc) is 3.12. The van der Waals surface area contributed by atoms with Crippen LogP contribution >= 0.6 is 12.4 Å². The fourth-order valence-corrected chi connectivity index (χ4v) is 4.24. The summed E-state index contributed by atoms with van der Waals surface area (Å²) in [5.41, 5.74) is 5.68. The summed E-state index contributed by atoms with van der Waals surface area (Å²) in [5.74, 6) is -0.507. The Morgan fingerprint density at radius 2 is 1.93 bits per heavy atom. The van der Waals surface area contributed by atoms with E-state index in [1.807, 2.05) is 0 Å². The van der Waals surface area contributed by atoms with E-state index in [9.17, 15) is 18.0 Å². The summed E-state index contributed by atoms with van der Waals surface area (Å²) < 4.78 is 26.7. The van der Waals surface area contributed by atoms with Crippen molar-refractivity contribution in [2.45, 2.75) is 43.5 Å². The molecule has 0 spiro atoms. The molecular formula is C17H27ClN4O4S. The van der Waals surface area contributed by atoms with Crippen LogP contribution in [0.15, 0.2) is 29.2 Å². The molecule has 1 unspecified atom stereocenters. The fourth-order valence-electron chi connectivity index (χ4n) is 3.14. The van der Waals surface area contributed by atoms with Crippen molar-refractivity contribution in [1.82, 2.24) is 10.0 Å². The molecule has 1 aliphatic rings. The Balaban J connectivity index is 0.00000364. The summed E-state index contributed by atoms with van der Waals surface area (Å²) in [5, 5.41) is 5.44. The molecule has 1 aromatic carbocycles. The predicted molar refractivity (Wildman–Crippen MR) is 106 cm³/mol. The van der Waals surface area contributed by atoms with Gasteiger partial charge in [-0.05, 0) is 37.0 Å². The molecule has 152 valence electrons. The minimum Gasteiger partial charge on any atom is -0.344 e. The molecule has 0 bridgehead atoms. The van der Waals surface area contributed by atoms with Gasteiger partial charge in [0.05, 0.1) is 4.90 Å². The van der Waals surface area contributed by atoms with Gasteiger partial charge in [-0.25, -0.2) is 13.1 Å². The first-order valence-electron chi connectivity index (χ1n) is 8.71. The summed E-state index contributed by atoms with van der Waals surface area (Å²) in [4.78, 5) is 24.2. The third-order valence-electron chi connectivity index (χ3n) is 4.36. The van der Waals surface area contributed by atoms with Gasteiger partial charge in [0.2, 0.25) is 21.8 Å². The number of sulfonamides is 1. The van der Waals surface area contributed by atoms with Crippen LogP contribution in [0.5, 0.6) is 0 Å². The Morgan fingerprint density at radius 3 is 2.52 bits per heavy atom. The molecule has 0 aromatic heterocycles. The van der Waals surface area contributed by atoms with E-state index in [4.69, 9.17) is 5.73 Å². The maximum absolute atomic E-state index is 12.7. The molecular weight excluding hydrogens is 392 g/mol. The molecule has 27 heavy (non-hydrogen) atoms. The average molecular weight is 419 g/mol. The number of carbonyl (C=O) groups is 2. The van der Waals surface area contributed by atoms with Crippen LogP contribution in [0.25, 0.3) is 0 Å². The highest BCUT2D eigenvalue weighted by Crippen LogP contribution is 2.28. The van der Waals surface area contributed by atoms with Gasteiger partial charge in [-0.3, -0.25) is 9.59 Å². The molecule has 0 radical (unpaired) electrons. The summed E-state index contributed by atoms with van der Waals surface area (Å²) in [6.45, 7) is 1.70. The third-order valence-corrected chi connectivity index (χ3v) is 5.82. The van der Waals surface area contributed by atoms with Crippen LogP contribution in [0.4, 0.5) is 5.69 Å². The van der Waals surface area contributed by atoms with E-state index < -0.39 is 16.1 Å². The second-order valence-corrected chi connectivity index (χ2v) is 8.19. The second kappa shape index (κ2) is 10.6. The van der Waals surface area contributed by atoms with Crippen LogP contribution < -0.4 is 21.1 Å². The number of hydrogen-bond acceptors (Lipinski definition) is 5. The maximum atomic E-state index is 12.7. The van der Waals surface area contributed by atoms with Gasteiger partial charge in [-0.15, -0.1) is 12.4 Å². The van der Waals surface area contributed by atoms with E-state index in [0.29, 0.717) is 5.69 Å². The Hall–Kier alpha value is -1.68. The van der Waals surface area contributed by atoms with Gasteiger partial charge < -0.3 is 16.4 Å². The lowest BCUT2D eigenvalue weighted by Crippen LogP contribution is -2.47.